The number of alkyl halides is 3. The predicted molar refractivity (Wildman–Crippen MR) is 84.5 cm³/mol. The van der Waals surface area contributed by atoms with Crippen LogP contribution in [0.5, 0.6) is 0 Å². The molecule has 0 saturated heterocycles. The molecule has 8 heteroatoms. The highest BCUT2D eigenvalue weighted by atomic mass is 32.2. The maximum absolute atomic E-state index is 12.9. The van der Waals surface area contributed by atoms with Crippen LogP contribution in [0.3, 0.4) is 0 Å². The Hall–Kier alpha value is -1.57. The highest BCUT2D eigenvalue weighted by Crippen LogP contribution is 2.40. The van der Waals surface area contributed by atoms with Gasteiger partial charge in [0.15, 0.2) is 9.84 Å². The van der Waals surface area contributed by atoms with Crippen molar-refractivity contribution >= 4 is 21.4 Å². The molecule has 2 atom stereocenters. The van der Waals surface area contributed by atoms with E-state index in [1.54, 1.807) is 0 Å². The first-order valence-corrected chi connectivity index (χ1v) is 9.53. The second kappa shape index (κ2) is 6.74. The highest BCUT2D eigenvalue weighted by Gasteiger charge is 2.44. The van der Waals surface area contributed by atoms with Crippen LogP contribution in [0.4, 0.5) is 18.9 Å². The second-order valence-electron chi connectivity index (χ2n) is 6.27. The zero-order chi connectivity index (χ0) is 18.1. The number of anilines is 1. The lowest BCUT2D eigenvalue weighted by atomic mass is 9.80. The largest absolute Gasteiger partial charge is 0.391 e. The zero-order valence-corrected chi connectivity index (χ0v) is 14.3. The topological polar surface area (TPSA) is 54.5 Å². The lowest BCUT2D eigenvalue weighted by Gasteiger charge is -2.32. The highest BCUT2D eigenvalue weighted by molar-refractivity contribution is 7.90. The number of halogens is 3. The Balaban J connectivity index is 2.11. The fourth-order valence-corrected chi connectivity index (χ4v) is 3.66. The van der Waals surface area contributed by atoms with Crippen molar-refractivity contribution in [2.75, 3.05) is 18.2 Å². The lowest BCUT2D eigenvalue weighted by Crippen LogP contribution is -2.38. The van der Waals surface area contributed by atoms with E-state index in [2.05, 4.69) is 0 Å². The maximum Gasteiger partial charge on any atom is 0.391 e. The fourth-order valence-electron chi connectivity index (χ4n) is 3.03. The van der Waals surface area contributed by atoms with Crippen molar-refractivity contribution in [2.24, 2.45) is 11.8 Å². The van der Waals surface area contributed by atoms with Crippen LogP contribution in [0, 0.1) is 11.8 Å². The Morgan fingerprint density at radius 2 is 1.75 bits per heavy atom. The molecule has 0 aliphatic heterocycles. The van der Waals surface area contributed by atoms with Gasteiger partial charge in [0.05, 0.1) is 10.8 Å². The first-order valence-electron chi connectivity index (χ1n) is 7.64. The first kappa shape index (κ1) is 18.8. The van der Waals surface area contributed by atoms with E-state index in [9.17, 15) is 26.4 Å². The molecule has 1 fully saturated rings. The molecule has 0 aromatic heterocycles. The minimum atomic E-state index is -4.27. The van der Waals surface area contributed by atoms with Crippen molar-refractivity contribution in [1.82, 2.24) is 0 Å². The molecule has 1 saturated carbocycles. The van der Waals surface area contributed by atoms with Gasteiger partial charge in [-0.25, -0.2) is 8.42 Å². The van der Waals surface area contributed by atoms with E-state index in [4.69, 9.17) is 0 Å². The van der Waals surface area contributed by atoms with Gasteiger partial charge < -0.3 is 4.90 Å². The van der Waals surface area contributed by atoms with Gasteiger partial charge in [-0.3, -0.25) is 4.79 Å². The first-order chi connectivity index (χ1) is 11.0. The van der Waals surface area contributed by atoms with Crippen molar-refractivity contribution in [3.8, 4) is 0 Å². The molecular formula is C16H20F3NO3S. The SMILES string of the molecule is CN(C(=O)[C@H]1CCC[C@H](C(F)(F)F)C1)c1ccc(S(C)(=O)=O)cc1. The van der Waals surface area contributed by atoms with Crippen LogP contribution in [-0.2, 0) is 14.6 Å². The van der Waals surface area contributed by atoms with Gasteiger partial charge in [0.25, 0.3) is 0 Å². The van der Waals surface area contributed by atoms with Gasteiger partial charge >= 0.3 is 6.18 Å². The monoisotopic (exact) mass is 363 g/mol. The Bertz CT molecular complexity index is 698. The van der Waals surface area contributed by atoms with Gasteiger partial charge in [0, 0.05) is 24.9 Å². The van der Waals surface area contributed by atoms with Gasteiger partial charge in [-0.2, -0.15) is 13.2 Å². The van der Waals surface area contributed by atoms with Crippen LogP contribution in [-0.4, -0.2) is 33.8 Å². The molecule has 1 amide bonds. The van der Waals surface area contributed by atoms with Crippen molar-refractivity contribution in [3.63, 3.8) is 0 Å². The summed E-state index contributed by atoms with van der Waals surface area (Å²) in [6.07, 6.45) is -2.49. The quantitative estimate of drug-likeness (QED) is 0.827. The van der Waals surface area contributed by atoms with E-state index in [1.807, 2.05) is 0 Å². The summed E-state index contributed by atoms with van der Waals surface area (Å²) in [5.41, 5.74) is 0.460. The minimum absolute atomic E-state index is 0.0695. The zero-order valence-electron chi connectivity index (χ0n) is 13.5. The summed E-state index contributed by atoms with van der Waals surface area (Å²) in [6, 6.07) is 5.73. The van der Waals surface area contributed by atoms with Crippen LogP contribution < -0.4 is 4.90 Å². The third-order valence-corrected chi connectivity index (χ3v) is 5.60. The van der Waals surface area contributed by atoms with Gasteiger partial charge in [-0.05, 0) is 43.5 Å². The second-order valence-corrected chi connectivity index (χ2v) is 8.28. The summed E-state index contributed by atoms with van der Waals surface area (Å²) in [5.74, 6) is -2.46. The number of benzene rings is 1. The summed E-state index contributed by atoms with van der Waals surface area (Å²) in [6.45, 7) is 0. The number of rotatable bonds is 3. The van der Waals surface area contributed by atoms with E-state index in [0.717, 1.165) is 6.26 Å². The molecule has 24 heavy (non-hydrogen) atoms. The molecule has 0 heterocycles. The van der Waals surface area contributed by atoms with Crippen molar-refractivity contribution in [2.45, 2.75) is 36.8 Å². The van der Waals surface area contributed by atoms with Gasteiger partial charge in [0.1, 0.15) is 0 Å². The number of carbonyl (C=O) groups excluding carboxylic acids is 1. The van der Waals surface area contributed by atoms with E-state index < -0.39 is 27.8 Å². The number of amides is 1. The summed E-state index contributed by atoms with van der Waals surface area (Å²) in [4.78, 5) is 13.9. The summed E-state index contributed by atoms with van der Waals surface area (Å²) < 4.78 is 61.5. The number of nitrogens with zero attached hydrogens (tertiary/aromatic N) is 1. The summed E-state index contributed by atoms with van der Waals surface area (Å²) in [5, 5.41) is 0. The van der Waals surface area contributed by atoms with Crippen molar-refractivity contribution < 1.29 is 26.4 Å². The molecule has 1 aromatic rings. The number of carbonyl (C=O) groups is 1. The van der Waals surface area contributed by atoms with Crippen LogP contribution in [0.25, 0.3) is 0 Å². The molecule has 0 spiro atoms. The molecule has 1 aromatic carbocycles. The van der Waals surface area contributed by atoms with Crippen LogP contribution in [0.2, 0.25) is 0 Å². The average Bonchev–Trinajstić information content (AvgIpc) is 2.52. The molecule has 0 radical (unpaired) electrons. The number of sulfone groups is 1. The Labute approximate surface area is 139 Å². The van der Waals surface area contributed by atoms with Crippen LogP contribution in [0.1, 0.15) is 25.7 Å². The molecule has 0 bridgehead atoms. The van der Waals surface area contributed by atoms with Crippen LogP contribution >= 0.6 is 0 Å². The number of hydrogen-bond acceptors (Lipinski definition) is 3. The molecule has 0 N–H and O–H groups in total. The minimum Gasteiger partial charge on any atom is -0.315 e. The molecular weight excluding hydrogens is 343 g/mol. The van der Waals surface area contributed by atoms with Gasteiger partial charge in [-0.1, -0.05) is 6.42 Å². The average molecular weight is 363 g/mol. The molecule has 134 valence electrons. The molecule has 0 unspecified atom stereocenters. The van der Waals surface area contributed by atoms with E-state index in [0.29, 0.717) is 18.5 Å². The van der Waals surface area contributed by atoms with E-state index in [1.165, 1.54) is 36.2 Å². The number of hydrogen-bond donors (Lipinski definition) is 0. The van der Waals surface area contributed by atoms with Gasteiger partial charge in [-0.15, -0.1) is 0 Å². The third-order valence-electron chi connectivity index (χ3n) is 4.47. The molecule has 4 nitrogen and oxygen atoms in total. The van der Waals surface area contributed by atoms with Crippen LogP contribution in [0.15, 0.2) is 29.2 Å². The standard InChI is InChI=1S/C16H20F3NO3S/c1-20(13-6-8-14(9-7-13)24(2,22)23)15(21)11-4-3-5-12(10-11)16(17,18)19/h6-9,11-12H,3-5,10H2,1-2H3/t11-,12-/m0/s1. The van der Waals surface area contributed by atoms with E-state index >= 15 is 0 Å². The van der Waals surface area contributed by atoms with E-state index in [-0.39, 0.29) is 23.6 Å². The normalized spacial score (nSPS) is 22.2. The Morgan fingerprint density at radius 3 is 2.25 bits per heavy atom. The molecule has 1 aliphatic rings. The lowest BCUT2D eigenvalue weighted by molar-refractivity contribution is -0.186. The Kier molecular flexibility index (Phi) is 5.27. The van der Waals surface area contributed by atoms with Crippen molar-refractivity contribution in [3.05, 3.63) is 24.3 Å². The van der Waals surface area contributed by atoms with Gasteiger partial charge in [0.2, 0.25) is 5.91 Å². The third kappa shape index (κ3) is 4.28. The maximum atomic E-state index is 12.9. The fraction of sp³-hybridized carbons (Fsp3) is 0.562. The Morgan fingerprint density at radius 1 is 1.17 bits per heavy atom. The summed E-state index contributed by atoms with van der Waals surface area (Å²) >= 11 is 0. The molecule has 1 aliphatic carbocycles. The smallest absolute Gasteiger partial charge is 0.315 e. The van der Waals surface area contributed by atoms with Crippen molar-refractivity contribution in [1.29, 1.82) is 0 Å². The molecule has 2 rings (SSSR count). The summed E-state index contributed by atoms with van der Waals surface area (Å²) in [7, 11) is -1.84. The predicted octanol–water partition coefficient (Wildman–Crippen LogP) is 3.42.